The molecule has 4 nitrogen and oxygen atoms in total. The van der Waals surface area contributed by atoms with Crippen LogP contribution < -0.4 is 10.6 Å². The fourth-order valence-electron chi connectivity index (χ4n) is 2.59. The summed E-state index contributed by atoms with van der Waals surface area (Å²) in [5.41, 5.74) is 2.39. The molecule has 1 aromatic heterocycles. The number of nitrogens with zero attached hydrogens (tertiary/aromatic N) is 1. The molecule has 0 bridgehead atoms. The third-order valence-electron chi connectivity index (χ3n) is 3.83. The van der Waals surface area contributed by atoms with Crippen LogP contribution in [0.4, 0.5) is 5.13 Å². The molecule has 0 saturated carbocycles. The molecule has 1 unspecified atom stereocenters. The molecule has 1 aromatic carbocycles. The van der Waals surface area contributed by atoms with Gasteiger partial charge in [0, 0.05) is 22.5 Å². The highest BCUT2D eigenvalue weighted by molar-refractivity contribution is 7.15. The van der Waals surface area contributed by atoms with E-state index in [2.05, 4.69) is 22.5 Å². The van der Waals surface area contributed by atoms with E-state index in [-0.39, 0.29) is 24.4 Å². The second-order valence-electron chi connectivity index (χ2n) is 5.52. The molecule has 1 aliphatic rings. The number of aromatic nitrogens is 1. The van der Waals surface area contributed by atoms with Crippen molar-refractivity contribution >= 4 is 46.4 Å². The minimum absolute atomic E-state index is 0. The van der Waals surface area contributed by atoms with Gasteiger partial charge < -0.3 is 10.6 Å². The van der Waals surface area contributed by atoms with E-state index in [1.807, 2.05) is 24.4 Å². The summed E-state index contributed by atoms with van der Waals surface area (Å²) in [5, 5.41) is 7.51. The largest absolute Gasteiger partial charge is 0.306 e. The first-order valence-corrected chi connectivity index (χ1v) is 8.55. The average Bonchev–Trinajstić information content (AvgIpc) is 3.13. The first kappa shape index (κ1) is 18.2. The molecule has 1 aliphatic heterocycles. The second-order valence-corrected chi connectivity index (χ2v) is 7.07. The first-order valence-electron chi connectivity index (χ1n) is 7.36. The van der Waals surface area contributed by atoms with E-state index in [1.54, 1.807) is 0 Å². The van der Waals surface area contributed by atoms with E-state index in [9.17, 15) is 4.79 Å². The van der Waals surface area contributed by atoms with Crippen LogP contribution in [-0.2, 0) is 11.2 Å². The van der Waals surface area contributed by atoms with E-state index in [0.29, 0.717) is 5.13 Å². The van der Waals surface area contributed by atoms with Crippen molar-refractivity contribution in [2.24, 2.45) is 0 Å². The van der Waals surface area contributed by atoms with Gasteiger partial charge in [0.1, 0.15) is 0 Å². The zero-order chi connectivity index (χ0) is 15.5. The number of hydrogen-bond donors (Lipinski definition) is 2. The Bertz CT molecular complexity index is 684. The second kappa shape index (κ2) is 8.11. The molecule has 2 heterocycles. The summed E-state index contributed by atoms with van der Waals surface area (Å²) in [6.45, 7) is 2.97. The molecule has 124 valence electrons. The van der Waals surface area contributed by atoms with Gasteiger partial charge in [-0.15, -0.1) is 23.7 Å². The molecule has 2 N–H and O–H groups in total. The molecule has 3 rings (SSSR count). The summed E-state index contributed by atoms with van der Waals surface area (Å²) < 4.78 is 0. The number of carbonyl (C=O) groups is 1. The molecule has 1 fully saturated rings. The van der Waals surface area contributed by atoms with Gasteiger partial charge in [-0.2, -0.15) is 0 Å². The summed E-state index contributed by atoms with van der Waals surface area (Å²) in [4.78, 5) is 17.5. The van der Waals surface area contributed by atoms with E-state index < -0.39 is 0 Å². The van der Waals surface area contributed by atoms with Gasteiger partial charge in [0.05, 0.1) is 6.04 Å². The number of amides is 1. The summed E-state index contributed by atoms with van der Waals surface area (Å²) in [7, 11) is 0. The van der Waals surface area contributed by atoms with Crippen LogP contribution in [0, 0.1) is 6.92 Å². The number of anilines is 1. The third-order valence-corrected chi connectivity index (χ3v) is 4.98. The number of halogens is 2. The number of hydrogen-bond acceptors (Lipinski definition) is 4. The predicted octanol–water partition coefficient (Wildman–Crippen LogP) is 3.81. The number of aryl methyl sites for hydroxylation is 1. The minimum Gasteiger partial charge on any atom is -0.306 e. The zero-order valence-electron chi connectivity index (χ0n) is 12.8. The van der Waals surface area contributed by atoms with Crippen LogP contribution in [0.15, 0.2) is 24.4 Å². The minimum atomic E-state index is -0.0779. The highest BCUT2D eigenvalue weighted by atomic mass is 35.5. The maximum absolute atomic E-state index is 12.1. The number of thiazole rings is 1. The van der Waals surface area contributed by atoms with Gasteiger partial charge in [0.2, 0.25) is 5.91 Å². The Morgan fingerprint density at radius 3 is 3.04 bits per heavy atom. The van der Waals surface area contributed by atoms with Crippen molar-refractivity contribution in [1.82, 2.24) is 10.3 Å². The molecular formula is C16H19Cl2N3OS. The maximum Gasteiger partial charge on any atom is 0.243 e. The molecule has 0 spiro atoms. The van der Waals surface area contributed by atoms with E-state index in [1.165, 1.54) is 22.5 Å². The van der Waals surface area contributed by atoms with Crippen LogP contribution in [0.5, 0.6) is 0 Å². The lowest BCUT2D eigenvalue weighted by Crippen LogP contribution is -2.35. The van der Waals surface area contributed by atoms with E-state index in [0.717, 1.165) is 35.7 Å². The molecule has 1 amide bonds. The summed E-state index contributed by atoms with van der Waals surface area (Å²) >= 11 is 7.50. The van der Waals surface area contributed by atoms with Crippen LogP contribution in [0.25, 0.3) is 0 Å². The molecule has 2 aromatic rings. The number of benzene rings is 1. The summed E-state index contributed by atoms with van der Waals surface area (Å²) in [6, 6.07) is 5.83. The SMILES string of the molecule is Cc1cc(Cl)ccc1Cc1cnc(NC(=O)C2CCCN2)s1.Cl. The molecule has 0 radical (unpaired) electrons. The van der Waals surface area contributed by atoms with Crippen LogP contribution >= 0.6 is 35.3 Å². The molecule has 0 aliphatic carbocycles. The number of rotatable bonds is 4. The van der Waals surface area contributed by atoms with Crippen molar-refractivity contribution in [3.05, 3.63) is 45.4 Å². The van der Waals surface area contributed by atoms with Crippen molar-refractivity contribution in [2.45, 2.75) is 32.2 Å². The quantitative estimate of drug-likeness (QED) is 0.858. The Morgan fingerprint density at radius 2 is 2.35 bits per heavy atom. The molecule has 23 heavy (non-hydrogen) atoms. The zero-order valence-corrected chi connectivity index (χ0v) is 15.2. The van der Waals surface area contributed by atoms with Crippen LogP contribution in [-0.4, -0.2) is 23.5 Å². The fourth-order valence-corrected chi connectivity index (χ4v) is 3.66. The topological polar surface area (TPSA) is 54.0 Å². The van der Waals surface area contributed by atoms with Gasteiger partial charge >= 0.3 is 0 Å². The highest BCUT2D eigenvalue weighted by Crippen LogP contribution is 2.24. The Balaban J connectivity index is 0.00000192. The smallest absolute Gasteiger partial charge is 0.243 e. The van der Waals surface area contributed by atoms with Crippen molar-refractivity contribution in [3.63, 3.8) is 0 Å². The van der Waals surface area contributed by atoms with Gasteiger partial charge in [-0.3, -0.25) is 4.79 Å². The number of nitrogens with one attached hydrogen (secondary N) is 2. The van der Waals surface area contributed by atoms with Gasteiger partial charge in [0.25, 0.3) is 0 Å². The van der Waals surface area contributed by atoms with Gasteiger partial charge in [-0.05, 0) is 49.6 Å². The Kier molecular flexibility index (Phi) is 6.41. The number of carbonyl (C=O) groups excluding carboxylic acids is 1. The van der Waals surface area contributed by atoms with E-state index >= 15 is 0 Å². The van der Waals surface area contributed by atoms with Gasteiger partial charge in [-0.25, -0.2) is 4.98 Å². The lowest BCUT2D eigenvalue weighted by molar-refractivity contribution is -0.117. The van der Waals surface area contributed by atoms with Gasteiger partial charge in [0.15, 0.2) is 5.13 Å². The first-order chi connectivity index (χ1) is 10.6. The van der Waals surface area contributed by atoms with Crippen LogP contribution in [0.1, 0.15) is 28.8 Å². The van der Waals surface area contributed by atoms with Crippen molar-refractivity contribution in [3.8, 4) is 0 Å². The fraction of sp³-hybridized carbons (Fsp3) is 0.375. The molecule has 7 heteroatoms. The summed E-state index contributed by atoms with van der Waals surface area (Å²) in [6.07, 6.45) is 4.58. The monoisotopic (exact) mass is 371 g/mol. The maximum atomic E-state index is 12.1. The Morgan fingerprint density at radius 1 is 1.52 bits per heavy atom. The van der Waals surface area contributed by atoms with Crippen molar-refractivity contribution in [2.75, 3.05) is 11.9 Å². The van der Waals surface area contributed by atoms with Crippen molar-refractivity contribution in [1.29, 1.82) is 0 Å². The average molecular weight is 372 g/mol. The molecular weight excluding hydrogens is 353 g/mol. The summed E-state index contributed by atoms with van der Waals surface area (Å²) in [5.74, 6) is 0.0149. The Hall–Kier alpha value is -1.14. The predicted molar refractivity (Wildman–Crippen MR) is 98.0 cm³/mol. The van der Waals surface area contributed by atoms with Crippen LogP contribution in [0.2, 0.25) is 5.02 Å². The van der Waals surface area contributed by atoms with E-state index in [4.69, 9.17) is 11.6 Å². The van der Waals surface area contributed by atoms with Crippen molar-refractivity contribution < 1.29 is 4.79 Å². The molecule has 1 saturated heterocycles. The normalized spacial score (nSPS) is 16.9. The third kappa shape index (κ3) is 4.67. The van der Waals surface area contributed by atoms with Gasteiger partial charge in [-0.1, -0.05) is 17.7 Å². The standard InChI is InChI=1S/C16H18ClN3OS.ClH/c1-10-7-12(17)5-4-11(10)8-13-9-19-16(22-13)20-15(21)14-3-2-6-18-14;/h4-5,7,9,14,18H,2-3,6,8H2,1H3,(H,19,20,21);1H. The highest BCUT2D eigenvalue weighted by Gasteiger charge is 2.22. The lowest BCUT2D eigenvalue weighted by atomic mass is 10.1. The van der Waals surface area contributed by atoms with Crippen LogP contribution in [0.3, 0.4) is 0 Å². The molecule has 1 atom stereocenters. The Labute approximate surface area is 151 Å². The lowest BCUT2D eigenvalue weighted by Gasteiger charge is -2.08.